The molecule has 4 rings (SSSR count). The van der Waals surface area contributed by atoms with Crippen molar-refractivity contribution in [2.75, 3.05) is 11.9 Å². The predicted molar refractivity (Wildman–Crippen MR) is 115 cm³/mol. The molecule has 1 aliphatic heterocycles. The molecule has 0 spiro atoms. The summed E-state index contributed by atoms with van der Waals surface area (Å²) in [5.74, 6) is 1.13. The zero-order chi connectivity index (χ0) is 22.0. The normalized spacial score (nSPS) is 14.0. The number of amides is 2. The van der Waals surface area contributed by atoms with Gasteiger partial charge in [-0.05, 0) is 49.6 Å². The van der Waals surface area contributed by atoms with Crippen molar-refractivity contribution in [3.05, 3.63) is 70.1 Å². The van der Waals surface area contributed by atoms with Crippen LogP contribution in [0.3, 0.4) is 0 Å². The molecule has 2 aromatic heterocycles. The van der Waals surface area contributed by atoms with E-state index in [2.05, 4.69) is 30.6 Å². The summed E-state index contributed by atoms with van der Waals surface area (Å²) in [6.45, 7) is 4.49. The topological polar surface area (TPSA) is 95.9 Å². The fraction of sp³-hybridized carbons (Fsp3) is 0.286. The number of nitrogens with one attached hydrogen (secondary N) is 2. The maximum absolute atomic E-state index is 13.7. The summed E-state index contributed by atoms with van der Waals surface area (Å²) in [5, 5.41) is 6.02. The van der Waals surface area contributed by atoms with E-state index in [1.807, 2.05) is 0 Å². The Hall–Kier alpha value is -3.33. The van der Waals surface area contributed by atoms with Crippen molar-refractivity contribution in [1.29, 1.82) is 0 Å². The van der Waals surface area contributed by atoms with E-state index in [1.54, 1.807) is 43.3 Å². The number of benzene rings is 1. The van der Waals surface area contributed by atoms with Crippen LogP contribution in [-0.4, -0.2) is 37.4 Å². The van der Waals surface area contributed by atoms with Crippen LogP contribution in [0.25, 0.3) is 0 Å². The van der Waals surface area contributed by atoms with E-state index in [0.717, 1.165) is 11.3 Å². The van der Waals surface area contributed by atoms with Gasteiger partial charge in [0.25, 0.3) is 0 Å². The molecular weight excluding hydrogens is 421 g/mol. The molecule has 10 heteroatoms. The highest BCUT2D eigenvalue weighted by Gasteiger charge is 2.24. The number of urea groups is 1. The SMILES string of the molecule is Cc1nccc(Nc2ncc3c(n2)CN(C(=O)N[C@H](C)c2ccc(Cl)c(F)c2)CC3)n1. The van der Waals surface area contributed by atoms with Crippen molar-refractivity contribution in [3.8, 4) is 0 Å². The number of aryl methyl sites for hydroxylation is 1. The Kier molecular flexibility index (Phi) is 5.94. The van der Waals surface area contributed by atoms with E-state index in [9.17, 15) is 9.18 Å². The standard InChI is InChI=1S/C21H21ClFN7O/c1-12(14-3-4-16(22)17(23)9-14)26-21(31)30-8-6-15-10-25-20(28-18(15)11-30)29-19-5-7-24-13(2)27-19/h3-5,7,9-10,12H,6,8,11H2,1-2H3,(H,26,31)(H,24,25,27,28,29)/t12-/m1/s1. The lowest BCUT2D eigenvalue weighted by Crippen LogP contribution is -2.43. The zero-order valence-electron chi connectivity index (χ0n) is 17.1. The lowest BCUT2D eigenvalue weighted by molar-refractivity contribution is 0.188. The van der Waals surface area contributed by atoms with E-state index >= 15 is 0 Å². The van der Waals surface area contributed by atoms with Crippen molar-refractivity contribution in [3.63, 3.8) is 0 Å². The molecule has 160 valence electrons. The first-order valence-electron chi connectivity index (χ1n) is 9.81. The molecule has 3 aromatic rings. The Morgan fingerprint density at radius 2 is 2.10 bits per heavy atom. The fourth-order valence-corrected chi connectivity index (χ4v) is 3.44. The molecule has 0 fully saturated rings. The average molecular weight is 442 g/mol. The highest BCUT2D eigenvalue weighted by Crippen LogP contribution is 2.22. The third kappa shape index (κ3) is 4.88. The van der Waals surface area contributed by atoms with E-state index in [0.29, 0.717) is 42.7 Å². The number of carbonyl (C=O) groups excluding carboxylic acids is 1. The molecule has 3 heterocycles. The van der Waals surface area contributed by atoms with Crippen molar-refractivity contribution in [1.82, 2.24) is 30.2 Å². The molecule has 0 aliphatic carbocycles. The van der Waals surface area contributed by atoms with Gasteiger partial charge in [-0.15, -0.1) is 0 Å². The molecule has 1 atom stereocenters. The number of aromatic nitrogens is 4. The molecule has 0 saturated heterocycles. The average Bonchev–Trinajstić information content (AvgIpc) is 2.75. The molecule has 0 unspecified atom stereocenters. The number of fused-ring (bicyclic) bond motifs is 1. The second-order valence-electron chi connectivity index (χ2n) is 7.30. The van der Waals surface area contributed by atoms with Gasteiger partial charge in [0, 0.05) is 18.9 Å². The van der Waals surface area contributed by atoms with Crippen molar-refractivity contribution < 1.29 is 9.18 Å². The van der Waals surface area contributed by atoms with Crippen molar-refractivity contribution in [2.24, 2.45) is 0 Å². The third-order valence-corrected chi connectivity index (χ3v) is 5.34. The van der Waals surface area contributed by atoms with Crippen molar-refractivity contribution >= 4 is 29.4 Å². The van der Waals surface area contributed by atoms with Gasteiger partial charge in [-0.1, -0.05) is 17.7 Å². The van der Waals surface area contributed by atoms with Crippen molar-refractivity contribution in [2.45, 2.75) is 32.9 Å². The maximum atomic E-state index is 13.7. The Morgan fingerprint density at radius 1 is 1.26 bits per heavy atom. The first-order chi connectivity index (χ1) is 14.9. The van der Waals surface area contributed by atoms with Gasteiger partial charge in [-0.3, -0.25) is 0 Å². The highest BCUT2D eigenvalue weighted by molar-refractivity contribution is 6.30. The molecule has 2 N–H and O–H groups in total. The summed E-state index contributed by atoms with van der Waals surface area (Å²) in [6.07, 6.45) is 4.08. The zero-order valence-corrected chi connectivity index (χ0v) is 17.8. The molecule has 8 nitrogen and oxygen atoms in total. The van der Waals surface area contributed by atoms with Crippen LogP contribution in [0.4, 0.5) is 21.0 Å². The van der Waals surface area contributed by atoms with Crippen LogP contribution < -0.4 is 10.6 Å². The number of carbonyl (C=O) groups is 1. The second kappa shape index (κ2) is 8.81. The summed E-state index contributed by atoms with van der Waals surface area (Å²) < 4.78 is 13.7. The number of anilines is 2. The van der Waals surface area contributed by atoms with Crippen LogP contribution in [0.2, 0.25) is 5.02 Å². The molecule has 0 bridgehead atoms. The van der Waals surface area contributed by atoms with Gasteiger partial charge in [-0.2, -0.15) is 0 Å². The fourth-order valence-electron chi connectivity index (χ4n) is 3.32. The second-order valence-corrected chi connectivity index (χ2v) is 7.70. The lowest BCUT2D eigenvalue weighted by Gasteiger charge is -2.29. The maximum Gasteiger partial charge on any atom is 0.318 e. The van der Waals surface area contributed by atoms with Gasteiger partial charge >= 0.3 is 6.03 Å². The predicted octanol–water partition coefficient (Wildman–Crippen LogP) is 3.94. The molecule has 0 saturated carbocycles. The summed E-state index contributed by atoms with van der Waals surface area (Å²) >= 11 is 5.74. The van der Waals surface area contributed by atoms with Crippen LogP contribution in [0.1, 0.15) is 35.6 Å². The number of nitrogens with zero attached hydrogens (tertiary/aromatic N) is 5. The van der Waals surface area contributed by atoms with E-state index in [-0.39, 0.29) is 17.1 Å². The number of hydrogen-bond donors (Lipinski definition) is 2. The quantitative estimate of drug-likeness (QED) is 0.636. The van der Waals surface area contributed by atoms with Gasteiger partial charge in [-0.25, -0.2) is 29.1 Å². The van der Waals surface area contributed by atoms with Gasteiger partial charge in [0.05, 0.1) is 23.3 Å². The van der Waals surface area contributed by atoms with Crippen LogP contribution in [0.5, 0.6) is 0 Å². The monoisotopic (exact) mass is 441 g/mol. The van der Waals surface area contributed by atoms with Crippen LogP contribution >= 0.6 is 11.6 Å². The number of halogens is 2. The van der Waals surface area contributed by atoms with Crippen LogP contribution in [-0.2, 0) is 13.0 Å². The Balaban J connectivity index is 1.43. The minimum Gasteiger partial charge on any atom is -0.331 e. The minimum absolute atomic E-state index is 0.0520. The lowest BCUT2D eigenvalue weighted by atomic mass is 10.1. The van der Waals surface area contributed by atoms with Gasteiger partial charge < -0.3 is 15.5 Å². The van der Waals surface area contributed by atoms with Gasteiger partial charge in [0.15, 0.2) is 0 Å². The molecule has 31 heavy (non-hydrogen) atoms. The Bertz CT molecular complexity index is 1130. The molecule has 1 aliphatic rings. The third-order valence-electron chi connectivity index (χ3n) is 5.03. The van der Waals surface area contributed by atoms with E-state index < -0.39 is 5.82 Å². The number of rotatable bonds is 4. The minimum atomic E-state index is -0.511. The largest absolute Gasteiger partial charge is 0.331 e. The summed E-state index contributed by atoms with van der Waals surface area (Å²) in [4.78, 5) is 31.7. The molecule has 0 radical (unpaired) electrons. The first kappa shape index (κ1) is 20.9. The summed E-state index contributed by atoms with van der Waals surface area (Å²) in [7, 11) is 0. The highest BCUT2D eigenvalue weighted by atomic mass is 35.5. The summed E-state index contributed by atoms with van der Waals surface area (Å²) in [6, 6.07) is 5.63. The van der Waals surface area contributed by atoms with E-state index in [1.165, 1.54) is 12.1 Å². The van der Waals surface area contributed by atoms with E-state index in [4.69, 9.17) is 11.6 Å². The number of hydrogen-bond acceptors (Lipinski definition) is 6. The first-order valence-corrected chi connectivity index (χ1v) is 10.2. The summed E-state index contributed by atoms with van der Waals surface area (Å²) in [5.41, 5.74) is 2.41. The van der Waals surface area contributed by atoms with Gasteiger partial charge in [0.2, 0.25) is 5.95 Å². The van der Waals surface area contributed by atoms with Gasteiger partial charge in [0.1, 0.15) is 17.5 Å². The van der Waals surface area contributed by atoms with Crippen LogP contribution in [0, 0.1) is 12.7 Å². The Labute approximate surface area is 183 Å². The molecular formula is C21H21ClFN7O. The van der Waals surface area contributed by atoms with Crippen LogP contribution in [0.15, 0.2) is 36.7 Å². The molecule has 1 aromatic carbocycles. The smallest absolute Gasteiger partial charge is 0.318 e. The molecule has 2 amide bonds. The Morgan fingerprint density at radius 3 is 2.87 bits per heavy atom.